The van der Waals surface area contributed by atoms with Crippen LogP contribution in [0.5, 0.6) is 0 Å². The first-order chi connectivity index (χ1) is 9.41. The zero-order valence-electron chi connectivity index (χ0n) is 11.3. The molecule has 0 fully saturated rings. The van der Waals surface area contributed by atoms with E-state index in [0.717, 1.165) is 16.7 Å². The molecular weight excluding hydrogens is 278 g/mol. The number of rotatable bonds is 4. The summed E-state index contributed by atoms with van der Waals surface area (Å²) < 4.78 is 29.4. The van der Waals surface area contributed by atoms with Gasteiger partial charge >= 0.3 is 7.60 Å². The van der Waals surface area contributed by atoms with E-state index in [0.29, 0.717) is 5.56 Å². The van der Waals surface area contributed by atoms with Crippen LogP contribution in [-0.2, 0) is 15.3 Å². The fourth-order valence-corrected chi connectivity index (χ4v) is 2.87. The molecule has 0 aromatic heterocycles. The van der Waals surface area contributed by atoms with E-state index in [-0.39, 0.29) is 12.0 Å². The van der Waals surface area contributed by atoms with Gasteiger partial charge in [-0.1, -0.05) is 35.9 Å². The summed E-state index contributed by atoms with van der Waals surface area (Å²) in [5.74, 6) is -0.313. The van der Waals surface area contributed by atoms with E-state index in [2.05, 4.69) is 4.52 Å². The summed E-state index contributed by atoms with van der Waals surface area (Å²) in [5, 5.41) is 0. The maximum Gasteiger partial charge on any atom is 0.332 e. The number of halogens is 1. The molecule has 0 aliphatic heterocycles. The van der Waals surface area contributed by atoms with Crippen molar-refractivity contribution in [2.75, 3.05) is 7.11 Å². The van der Waals surface area contributed by atoms with Crippen molar-refractivity contribution >= 4 is 7.60 Å². The van der Waals surface area contributed by atoms with Crippen molar-refractivity contribution in [3.63, 3.8) is 0 Å². The average Bonchev–Trinajstić information content (AvgIpc) is 2.40. The van der Waals surface area contributed by atoms with Gasteiger partial charge in [-0.15, -0.1) is 0 Å². The number of hydrogen-bond acceptors (Lipinski definition) is 2. The Labute approximate surface area is 117 Å². The normalized spacial score (nSPS) is 14.0. The van der Waals surface area contributed by atoms with E-state index in [9.17, 15) is 13.8 Å². The lowest BCUT2D eigenvalue weighted by molar-refractivity contribution is 0.314. The second-order valence-corrected chi connectivity index (χ2v) is 6.60. The SMILES string of the molecule is COP(=O)(O)Cc1cc(C)ccc1-c1ccc(F)cc1. The Kier molecular flexibility index (Phi) is 4.39. The zero-order chi connectivity index (χ0) is 14.8. The molecule has 1 atom stereocenters. The van der Waals surface area contributed by atoms with Gasteiger partial charge in [0.2, 0.25) is 0 Å². The van der Waals surface area contributed by atoms with Crippen LogP contribution in [0.4, 0.5) is 4.39 Å². The lowest BCUT2D eigenvalue weighted by Crippen LogP contribution is -1.95. The van der Waals surface area contributed by atoms with Crippen LogP contribution in [0.2, 0.25) is 0 Å². The first kappa shape index (κ1) is 14.9. The van der Waals surface area contributed by atoms with Gasteiger partial charge in [0.05, 0.1) is 6.16 Å². The van der Waals surface area contributed by atoms with Crippen LogP contribution in [-0.4, -0.2) is 12.0 Å². The minimum atomic E-state index is -3.65. The second-order valence-electron chi connectivity index (χ2n) is 4.65. The molecule has 0 aliphatic rings. The van der Waals surface area contributed by atoms with Crippen LogP contribution in [0, 0.1) is 12.7 Å². The van der Waals surface area contributed by atoms with Gasteiger partial charge in [0, 0.05) is 7.11 Å². The number of benzene rings is 2. The third kappa shape index (κ3) is 3.54. The highest BCUT2D eigenvalue weighted by Crippen LogP contribution is 2.46. The van der Waals surface area contributed by atoms with Crippen molar-refractivity contribution < 1.29 is 18.4 Å². The summed E-state index contributed by atoms with van der Waals surface area (Å²) in [6.45, 7) is 1.91. The van der Waals surface area contributed by atoms with Gasteiger partial charge in [-0.2, -0.15) is 0 Å². The van der Waals surface area contributed by atoms with Gasteiger partial charge < -0.3 is 9.42 Å². The van der Waals surface area contributed by atoms with Crippen molar-refractivity contribution in [1.29, 1.82) is 0 Å². The molecule has 3 nitrogen and oxygen atoms in total. The molecular formula is C15H16FO3P. The van der Waals surface area contributed by atoms with Gasteiger partial charge in [0.25, 0.3) is 0 Å². The van der Waals surface area contributed by atoms with Crippen LogP contribution in [0.25, 0.3) is 11.1 Å². The van der Waals surface area contributed by atoms with Crippen LogP contribution in [0.1, 0.15) is 11.1 Å². The lowest BCUT2D eigenvalue weighted by Gasteiger charge is -2.14. The molecule has 2 rings (SSSR count). The van der Waals surface area contributed by atoms with E-state index in [1.807, 2.05) is 25.1 Å². The van der Waals surface area contributed by atoms with Crippen molar-refractivity contribution in [2.24, 2.45) is 0 Å². The fraction of sp³-hybridized carbons (Fsp3) is 0.200. The topological polar surface area (TPSA) is 46.5 Å². The molecule has 0 amide bonds. The molecule has 0 spiro atoms. The molecule has 5 heteroatoms. The number of aryl methyl sites for hydroxylation is 1. The van der Waals surface area contributed by atoms with E-state index >= 15 is 0 Å². The Morgan fingerprint density at radius 1 is 1.20 bits per heavy atom. The smallest absolute Gasteiger partial charge is 0.324 e. The molecule has 0 aliphatic carbocycles. The van der Waals surface area contributed by atoms with Crippen LogP contribution >= 0.6 is 7.60 Å². The average molecular weight is 294 g/mol. The van der Waals surface area contributed by atoms with E-state index in [4.69, 9.17) is 0 Å². The highest BCUT2D eigenvalue weighted by Gasteiger charge is 2.20. The van der Waals surface area contributed by atoms with Crippen LogP contribution in [0.15, 0.2) is 42.5 Å². The van der Waals surface area contributed by atoms with Gasteiger partial charge in [0.15, 0.2) is 0 Å². The maximum absolute atomic E-state index is 13.0. The summed E-state index contributed by atoms with van der Waals surface area (Å²) in [4.78, 5) is 9.66. The Bertz CT molecular complexity index is 653. The van der Waals surface area contributed by atoms with Crippen molar-refractivity contribution in [2.45, 2.75) is 13.1 Å². The summed E-state index contributed by atoms with van der Waals surface area (Å²) in [7, 11) is -2.43. The third-order valence-electron chi connectivity index (χ3n) is 3.07. The predicted octanol–water partition coefficient (Wildman–Crippen LogP) is 4.13. The monoisotopic (exact) mass is 294 g/mol. The molecule has 1 unspecified atom stereocenters. The third-order valence-corrected chi connectivity index (χ3v) is 4.38. The van der Waals surface area contributed by atoms with Crippen LogP contribution < -0.4 is 0 Å². The Morgan fingerprint density at radius 3 is 2.45 bits per heavy atom. The summed E-state index contributed by atoms with van der Waals surface area (Å²) >= 11 is 0. The summed E-state index contributed by atoms with van der Waals surface area (Å²) in [6, 6.07) is 11.7. The Hall–Kier alpha value is -1.48. The van der Waals surface area contributed by atoms with Gasteiger partial charge in [-0.25, -0.2) is 4.39 Å². The lowest BCUT2D eigenvalue weighted by atomic mass is 9.99. The minimum absolute atomic E-state index is 0.0715. The minimum Gasteiger partial charge on any atom is -0.324 e. The quantitative estimate of drug-likeness (QED) is 0.862. The second kappa shape index (κ2) is 5.88. The van der Waals surface area contributed by atoms with Crippen molar-refractivity contribution in [1.82, 2.24) is 0 Å². The Morgan fingerprint density at radius 2 is 1.85 bits per heavy atom. The van der Waals surface area contributed by atoms with Crippen LogP contribution in [0.3, 0.4) is 0 Å². The van der Waals surface area contributed by atoms with Crippen molar-refractivity contribution in [3.05, 3.63) is 59.4 Å². The van der Waals surface area contributed by atoms with E-state index in [1.54, 1.807) is 12.1 Å². The molecule has 0 heterocycles. The molecule has 106 valence electrons. The molecule has 20 heavy (non-hydrogen) atoms. The summed E-state index contributed by atoms with van der Waals surface area (Å²) in [5.41, 5.74) is 3.31. The largest absolute Gasteiger partial charge is 0.332 e. The van der Waals surface area contributed by atoms with E-state index < -0.39 is 7.60 Å². The molecule has 0 saturated heterocycles. The molecule has 2 aromatic carbocycles. The zero-order valence-corrected chi connectivity index (χ0v) is 12.2. The van der Waals surface area contributed by atoms with Gasteiger partial charge in [0.1, 0.15) is 5.82 Å². The van der Waals surface area contributed by atoms with Gasteiger partial charge in [-0.3, -0.25) is 4.57 Å². The molecule has 0 saturated carbocycles. The van der Waals surface area contributed by atoms with E-state index in [1.165, 1.54) is 19.2 Å². The standard InChI is InChI=1S/C15H16FO3P/c1-11-3-8-15(12-4-6-14(16)7-5-12)13(9-11)10-20(17,18)19-2/h3-9H,10H2,1-2H3,(H,17,18). The number of hydrogen-bond donors (Lipinski definition) is 1. The first-order valence-electron chi connectivity index (χ1n) is 6.14. The van der Waals surface area contributed by atoms with Gasteiger partial charge in [-0.05, 0) is 35.7 Å². The first-order valence-corrected chi connectivity index (χ1v) is 7.90. The fourth-order valence-electron chi connectivity index (χ4n) is 2.04. The van der Waals surface area contributed by atoms with Crippen molar-refractivity contribution in [3.8, 4) is 11.1 Å². The predicted molar refractivity (Wildman–Crippen MR) is 77.1 cm³/mol. The highest BCUT2D eigenvalue weighted by molar-refractivity contribution is 7.51. The maximum atomic E-state index is 13.0. The highest BCUT2D eigenvalue weighted by atomic mass is 31.2. The Balaban J connectivity index is 2.48. The molecule has 0 radical (unpaired) electrons. The summed E-state index contributed by atoms with van der Waals surface area (Å²) in [6.07, 6.45) is -0.0715. The molecule has 0 bridgehead atoms. The molecule has 2 aromatic rings. The molecule has 1 N–H and O–H groups in total.